The molecule has 1 fully saturated rings. The molecular formula is C26H34N2O4S. The third-order valence-electron chi connectivity index (χ3n) is 6.21. The first kappa shape index (κ1) is 24.0. The number of aryl methyl sites for hydroxylation is 1. The highest BCUT2D eigenvalue weighted by Gasteiger charge is 2.36. The lowest BCUT2D eigenvalue weighted by molar-refractivity contribution is -0.136. The second-order valence-corrected chi connectivity index (χ2v) is 9.92. The number of aliphatic hydroxyl groups is 1. The number of rotatable bonds is 12. The highest BCUT2D eigenvalue weighted by Crippen LogP contribution is 2.35. The zero-order chi connectivity index (χ0) is 23.2. The van der Waals surface area contributed by atoms with Crippen LogP contribution in [-0.2, 0) is 16.0 Å². The van der Waals surface area contributed by atoms with Crippen LogP contribution in [0, 0.1) is 6.92 Å². The van der Waals surface area contributed by atoms with Crippen LogP contribution in [-0.4, -0.2) is 72.4 Å². The number of carbonyl (C=O) groups excluding carboxylic acids is 1. The topological polar surface area (TPSA) is 62.2 Å². The molecule has 1 saturated carbocycles. The molecule has 0 spiro atoms. The van der Waals surface area contributed by atoms with E-state index in [1.807, 2.05) is 36.1 Å². The number of nitrogens with zero attached hydrogens (tertiary/aromatic N) is 2. The Morgan fingerprint density at radius 1 is 1.39 bits per heavy atom. The second-order valence-electron chi connectivity index (χ2n) is 8.92. The summed E-state index contributed by atoms with van der Waals surface area (Å²) >= 11 is 1.76. The Morgan fingerprint density at radius 2 is 2.24 bits per heavy atom. The smallest absolute Gasteiger partial charge is 0.237 e. The number of hydrogen-bond donors (Lipinski definition) is 1. The van der Waals surface area contributed by atoms with Crippen LogP contribution in [0.5, 0.6) is 5.75 Å². The van der Waals surface area contributed by atoms with Crippen molar-refractivity contribution in [2.75, 3.05) is 39.5 Å². The lowest BCUT2D eigenvalue weighted by Crippen LogP contribution is -2.48. The molecule has 33 heavy (non-hydrogen) atoms. The van der Waals surface area contributed by atoms with Crippen molar-refractivity contribution < 1.29 is 19.4 Å². The summed E-state index contributed by atoms with van der Waals surface area (Å²) in [6.07, 6.45) is 4.07. The van der Waals surface area contributed by atoms with E-state index >= 15 is 0 Å². The lowest BCUT2D eigenvalue weighted by Gasteiger charge is -2.37. The predicted molar refractivity (Wildman–Crippen MR) is 131 cm³/mol. The van der Waals surface area contributed by atoms with Crippen molar-refractivity contribution in [1.82, 2.24) is 9.80 Å². The Morgan fingerprint density at radius 3 is 3.00 bits per heavy atom. The minimum atomic E-state index is -0.622. The number of amides is 1. The van der Waals surface area contributed by atoms with E-state index < -0.39 is 6.10 Å². The van der Waals surface area contributed by atoms with E-state index in [4.69, 9.17) is 9.47 Å². The van der Waals surface area contributed by atoms with Gasteiger partial charge >= 0.3 is 0 Å². The largest absolute Gasteiger partial charge is 0.491 e. The second kappa shape index (κ2) is 11.3. The molecule has 6 nitrogen and oxygen atoms in total. The van der Waals surface area contributed by atoms with E-state index in [2.05, 4.69) is 22.9 Å². The Labute approximate surface area is 200 Å². The first-order valence-corrected chi connectivity index (χ1v) is 12.6. The predicted octanol–water partition coefficient (Wildman–Crippen LogP) is 3.59. The van der Waals surface area contributed by atoms with Crippen LogP contribution in [0.3, 0.4) is 0 Å². The maximum absolute atomic E-state index is 13.5. The van der Waals surface area contributed by atoms with Crippen LogP contribution in [0.1, 0.15) is 34.9 Å². The molecule has 1 N–H and O–H groups in total. The van der Waals surface area contributed by atoms with Crippen LogP contribution >= 0.6 is 11.3 Å². The van der Waals surface area contributed by atoms with Crippen molar-refractivity contribution in [3.05, 3.63) is 64.4 Å². The van der Waals surface area contributed by atoms with E-state index in [-0.39, 0.29) is 18.6 Å². The summed E-state index contributed by atoms with van der Waals surface area (Å²) in [7, 11) is 0. The van der Waals surface area contributed by atoms with Gasteiger partial charge in [-0.15, -0.1) is 17.9 Å². The van der Waals surface area contributed by atoms with E-state index in [0.717, 1.165) is 30.6 Å². The summed E-state index contributed by atoms with van der Waals surface area (Å²) in [6, 6.07) is 10.4. The minimum Gasteiger partial charge on any atom is -0.491 e. The van der Waals surface area contributed by atoms with E-state index in [1.165, 1.54) is 10.4 Å². The van der Waals surface area contributed by atoms with Gasteiger partial charge in [-0.2, -0.15) is 0 Å². The molecule has 0 saturated heterocycles. The molecule has 2 atom stereocenters. The monoisotopic (exact) mass is 470 g/mol. The molecule has 0 unspecified atom stereocenters. The first-order valence-electron chi connectivity index (χ1n) is 11.7. The first-order chi connectivity index (χ1) is 16.0. The third kappa shape index (κ3) is 6.44. The van der Waals surface area contributed by atoms with Gasteiger partial charge in [-0.25, -0.2) is 0 Å². The van der Waals surface area contributed by atoms with Gasteiger partial charge in [0.15, 0.2) is 0 Å². The van der Waals surface area contributed by atoms with Gasteiger partial charge in [-0.1, -0.05) is 18.2 Å². The maximum atomic E-state index is 13.5. The fourth-order valence-corrected chi connectivity index (χ4v) is 5.34. The number of benzene rings is 1. The van der Waals surface area contributed by atoms with Crippen LogP contribution in [0.4, 0.5) is 0 Å². The number of carbonyl (C=O) groups is 1. The summed E-state index contributed by atoms with van der Waals surface area (Å²) in [5.41, 5.74) is 2.35. The zero-order valence-electron chi connectivity index (χ0n) is 19.3. The van der Waals surface area contributed by atoms with Crippen LogP contribution in [0.25, 0.3) is 0 Å². The average Bonchev–Trinajstić information content (AvgIpc) is 3.54. The van der Waals surface area contributed by atoms with Crippen molar-refractivity contribution in [3.63, 3.8) is 0 Å². The summed E-state index contributed by atoms with van der Waals surface area (Å²) in [4.78, 5) is 18.9. The Balaban J connectivity index is 1.42. The summed E-state index contributed by atoms with van der Waals surface area (Å²) in [6.45, 7) is 8.21. The SMILES string of the molecule is C=CCOC[C@@H](O)CN(CC(=O)N1CCc2sccc2[C@H]1COc1cccc(C)c1)C1CC1. The van der Waals surface area contributed by atoms with Crippen molar-refractivity contribution in [2.24, 2.45) is 0 Å². The van der Waals surface area contributed by atoms with Crippen LogP contribution < -0.4 is 4.74 Å². The molecule has 4 rings (SSSR count). The fraction of sp³-hybridized carbons (Fsp3) is 0.500. The third-order valence-corrected chi connectivity index (χ3v) is 7.20. The average molecular weight is 471 g/mol. The number of hydrogen-bond acceptors (Lipinski definition) is 6. The number of aliphatic hydroxyl groups excluding tert-OH is 1. The molecule has 2 heterocycles. The van der Waals surface area contributed by atoms with Gasteiger partial charge in [0.1, 0.15) is 12.4 Å². The van der Waals surface area contributed by atoms with Crippen molar-refractivity contribution in [1.29, 1.82) is 0 Å². The molecular weight excluding hydrogens is 436 g/mol. The van der Waals surface area contributed by atoms with Gasteiger partial charge in [0.05, 0.1) is 31.9 Å². The summed E-state index contributed by atoms with van der Waals surface area (Å²) in [5, 5.41) is 12.5. The molecule has 2 aromatic rings. The van der Waals surface area contributed by atoms with Gasteiger partial charge in [-0.05, 0) is 60.9 Å². The van der Waals surface area contributed by atoms with Crippen molar-refractivity contribution in [3.8, 4) is 5.75 Å². The number of thiophene rings is 1. The highest BCUT2D eigenvalue weighted by molar-refractivity contribution is 7.10. The number of fused-ring (bicyclic) bond motifs is 1. The Hall–Kier alpha value is -2.19. The molecule has 1 amide bonds. The molecule has 1 aliphatic heterocycles. The molecule has 1 aromatic carbocycles. The molecule has 2 aliphatic rings. The molecule has 0 radical (unpaired) electrons. The summed E-state index contributed by atoms with van der Waals surface area (Å²) in [5.74, 6) is 0.919. The normalized spacial score (nSPS) is 18.8. The number of ether oxygens (including phenoxy) is 2. The summed E-state index contributed by atoms with van der Waals surface area (Å²) < 4.78 is 11.5. The molecule has 7 heteroatoms. The lowest BCUT2D eigenvalue weighted by atomic mass is 10.0. The van der Waals surface area contributed by atoms with Crippen LogP contribution in [0.2, 0.25) is 0 Å². The van der Waals surface area contributed by atoms with Gasteiger partial charge in [0.2, 0.25) is 5.91 Å². The maximum Gasteiger partial charge on any atom is 0.237 e. The molecule has 0 bridgehead atoms. The van der Waals surface area contributed by atoms with E-state index in [0.29, 0.717) is 38.9 Å². The molecule has 178 valence electrons. The van der Waals surface area contributed by atoms with Crippen LogP contribution in [0.15, 0.2) is 48.4 Å². The highest BCUT2D eigenvalue weighted by atomic mass is 32.1. The van der Waals surface area contributed by atoms with Crippen molar-refractivity contribution in [2.45, 2.75) is 44.4 Å². The van der Waals surface area contributed by atoms with Crippen molar-refractivity contribution >= 4 is 17.2 Å². The Kier molecular flexibility index (Phi) is 8.20. The minimum absolute atomic E-state index is 0.0933. The zero-order valence-corrected chi connectivity index (χ0v) is 20.1. The molecule has 1 aliphatic carbocycles. The van der Waals surface area contributed by atoms with E-state index in [1.54, 1.807) is 17.4 Å². The Bertz CT molecular complexity index is 942. The quantitative estimate of drug-likeness (QED) is 0.379. The fourth-order valence-electron chi connectivity index (χ4n) is 4.41. The molecule has 1 aromatic heterocycles. The van der Waals surface area contributed by atoms with Gasteiger partial charge in [0, 0.05) is 24.0 Å². The van der Waals surface area contributed by atoms with Gasteiger partial charge in [0.25, 0.3) is 0 Å². The van der Waals surface area contributed by atoms with Gasteiger partial charge < -0.3 is 19.5 Å². The standard InChI is InChI=1S/C26H34N2O4S/c1-3-12-31-17-21(29)15-27(20-7-8-20)16-26(30)28-11-9-25-23(10-13-33-25)24(28)18-32-22-6-4-5-19(2)14-22/h3-6,10,13-14,20-21,24,29H,1,7-9,11-12,15-18H2,2H3/t21-,24+/m0/s1. The van der Waals surface area contributed by atoms with E-state index in [9.17, 15) is 9.90 Å². The van der Waals surface area contributed by atoms with Gasteiger partial charge in [-0.3, -0.25) is 9.69 Å².